The topological polar surface area (TPSA) is 86.1 Å². The van der Waals surface area contributed by atoms with Crippen LogP contribution in [0.25, 0.3) is 11.0 Å². The molecule has 0 bridgehead atoms. The van der Waals surface area contributed by atoms with Crippen LogP contribution in [-0.2, 0) is 20.7 Å². The number of rotatable bonds is 8. The zero-order valence-electron chi connectivity index (χ0n) is 18.6. The summed E-state index contributed by atoms with van der Waals surface area (Å²) >= 11 is 0. The molecule has 7 nitrogen and oxygen atoms in total. The molecule has 168 valence electrons. The summed E-state index contributed by atoms with van der Waals surface area (Å²) in [5.41, 5.74) is 1.18. The third kappa shape index (κ3) is 5.46. The largest absolute Gasteiger partial charge is 0.497 e. The zero-order valence-corrected chi connectivity index (χ0v) is 18.6. The lowest BCUT2D eigenvalue weighted by Crippen LogP contribution is -2.43. The van der Waals surface area contributed by atoms with Gasteiger partial charge in [0.15, 0.2) is 6.61 Å². The number of benzene rings is 1. The third-order valence-corrected chi connectivity index (χ3v) is 6.11. The molecule has 1 saturated carbocycles. The van der Waals surface area contributed by atoms with E-state index in [1.807, 2.05) is 24.8 Å². The van der Waals surface area contributed by atoms with Gasteiger partial charge < -0.3 is 18.8 Å². The van der Waals surface area contributed by atoms with Gasteiger partial charge in [0.2, 0.25) is 0 Å². The molecule has 3 rings (SSSR count). The van der Waals surface area contributed by atoms with Crippen LogP contribution in [0.2, 0.25) is 0 Å². The number of amides is 1. The smallest absolute Gasteiger partial charge is 0.339 e. The Labute approximate surface area is 182 Å². The highest BCUT2D eigenvalue weighted by molar-refractivity contribution is 5.83. The number of esters is 1. The fraction of sp³-hybridized carbons (Fsp3) is 0.542. The standard InChI is InChI=1S/C24H31NO6/c1-4-25(17-8-6-5-7-9-17)22(26)15-30-23(27)13-12-20-16(2)19-11-10-18(29-3)14-21(19)31-24(20)28/h10-11,14,17H,4-9,12-13,15H2,1-3H3. The van der Waals surface area contributed by atoms with Crippen LogP contribution in [0.3, 0.4) is 0 Å². The van der Waals surface area contributed by atoms with E-state index in [-0.39, 0.29) is 31.4 Å². The van der Waals surface area contributed by atoms with Crippen molar-refractivity contribution in [2.75, 3.05) is 20.3 Å². The van der Waals surface area contributed by atoms with Crippen molar-refractivity contribution >= 4 is 22.8 Å². The normalized spacial score (nSPS) is 14.4. The first-order chi connectivity index (χ1) is 14.9. The number of aryl methyl sites for hydroxylation is 1. The van der Waals surface area contributed by atoms with Crippen LogP contribution in [0.5, 0.6) is 5.75 Å². The Balaban J connectivity index is 1.58. The first-order valence-electron chi connectivity index (χ1n) is 11.0. The molecule has 7 heteroatoms. The SMILES string of the molecule is CCN(C(=O)COC(=O)CCc1c(C)c2ccc(OC)cc2oc1=O)C1CCCCC1. The van der Waals surface area contributed by atoms with Gasteiger partial charge in [-0.05, 0) is 50.8 Å². The molecule has 1 aromatic carbocycles. The van der Waals surface area contributed by atoms with Crippen LogP contribution in [0.1, 0.15) is 56.6 Å². The highest BCUT2D eigenvalue weighted by Gasteiger charge is 2.25. The molecule has 0 radical (unpaired) electrons. The number of likely N-dealkylation sites (N-methyl/N-ethyl adjacent to an activating group) is 1. The second kappa shape index (κ2) is 10.5. The molecule has 1 heterocycles. The minimum absolute atomic E-state index is 0.0100. The van der Waals surface area contributed by atoms with Gasteiger partial charge in [-0.25, -0.2) is 4.79 Å². The van der Waals surface area contributed by atoms with E-state index in [0.717, 1.165) is 36.6 Å². The van der Waals surface area contributed by atoms with E-state index < -0.39 is 11.6 Å². The van der Waals surface area contributed by atoms with Gasteiger partial charge >= 0.3 is 11.6 Å². The van der Waals surface area contributed by atoms with Crippen molar-refractivity contribution in [1.29, 1.82) is 0 Å². The fourth-order valence-electron chi connectivity index (χ4n) is 4.35. The average Bonchev–Trinajstić information content (AvgIpc) is 2.78. The summed E-state index contributed by atoms with van der Waals surface area (Å²) < 4.78 is 15.8. The summed E-state index contributed by atoms with van der Waals surface area (Å²) in [5, 5.41) is 0.796. The molecule has 0 N–H and O–H groups in total. The highest BCUT2D eigenvalue weighted by atomic mass is 16.5. The number of carbonyl (C=O) groups is 2. The summed E-state index contributed by atoms with van der Waals surface area (Å²) in [4.78, 5) is 39.0. The van der Waals surface area contributed by atoms with Gasteiger partial charge in [-0.15, -0.1) is 0 Å². The van der Waals surface area contributed by atoms with E-state index in [9.17, 15) is 14.4 Å². The monoisotopic (exact) mass is 429 g/mol. The molecule has 0 aliphatic heterocycles. The molecule has 0 unspecified atom stereocenters. The molecule has 1 aliphatic carbocycles. The molecule has 1 aliphatic rings. The van der Waals surface area contributed by atoms with Crippen molar-refractivity contribution in [1.82, 2.24) is 4.90 Å². The summed E-state index contributed by atoms with van der Waals surface area (Å²) in [6.45, 7) is 4.14. The fourth-order valence-corrected chi connectivity index (χ4v) is 4.35. The third-order valence-electron chi connectivity index (χ3n) is 6.11. The Bertz CT molecular complexity index is 989. The number of carbonyl (C=O) groups excluding carboxylic acids is 2. The van der Waals surface area contributed by atoms with Gasteiger partial charge in [-0.2, -0.15) is 0 Å². The number of fused-ring (bicyclic) bond motifs is 1. The van der Waals surface area contributed by atoms with Gasteiger partial charge in [0.25, 0.3) is 5.91 Å². The van der Waals surface area contributed by atoms with E-state index in [0.29, 0.717) is 23.4 Å². The van der Waals surface area contributed by atoms with E-state index in [2.05, 4.69) is 0 Å². The van der Waals surface area contributed by atoms with Crippen molar-refractivity contribution in [2.24, 2.45) is 0 Å². The Morgan fingerprint density at radius 1 is 1.19 bits per heavy atom. The predicted octanol–water partition coefficient (Wildman–Crippen LogP) is 3.77. The lowest BCUT2D eigenvalue weighted by molar-refractivity contribution is -0.153. The molecule has 2 aromatic rings. The van der Waals surface area contributed by atoms with Crippen LogP contribution < -0.4 is 10.4 Å². The van der Waals surface area contributed by atoms with Crippen molar-refractivity contribution in [3.8, 4) is 5.75 Å². The van der Waals surface area contributed by atoms with Gasteiger partial charge in [0.1, 0.15) is 11.3 Å². The minimum Gasteiger partial charge on any atom is -0.497 e. The highest BCUT2D eigenvalue weighted by Crippen LogP contribution is 2.25. The summed E-state index contributed by atoms with van der Waals surface area (Å²) in [5.74, 6) is -0.0508. The molecule has 1 fully saturated rings. The molecule has 1 amide bonds. The average molecular weight is 430 g/mol. The van der Waals surface area contributed by atoms with Gasteiger partial charge in [0.05, 0.1) is 7.11 Å². The molecule has 1 aromatic heterocycles. The van der Waals surface area contributed by atoms with Crippen LogP contribution in [0.15, 0.2) is 27.4 Å². The maximum absolute atomic E-state index is 12.5. The first kappa shape index (κ1) is 22.8. The number of hydrogen-bond donors (Lipinski definition) is 0. The van der Waals surface area contributed by atoms with E-state index in [1.165, 1.54) is 6.42 Å². The summed E-state index contributed by atoms with van der Waals surface area (Å²) in [6, 6.07) is 5.54. The molecule has 0 spiro atoms. The van der Waals surface area contributed by atoms with Crippen molar-refractivity contribution in [3.05, 3.63) is 39.7 Å². The molecule has 31 heavy (non-hydrogen) atoms. The number of nitrogens with zero attached hydrogens (tertiary/aromatic N) is 1. The van der Waals surface area contributed by atoms with E-state index in [4.69, 9.17) is 13.9 Å². The number of hydrogen-bond acceptors (Lipinski definition) is 6. The first-order valence-corrected chi connectivity index (χ1v) is 11.0. The summed E-state index contributed by atoms with van der Waals surface area (Å²) in [7, 11) is 1.55. The van der Waals surface area contributed by atoms with Gasteiger partial charge in [-0.3, -0.25) is 9.59 Å². The lowest BCUT2D eigenvalue weighted by Gasteiger charge is -2.33. The predicted molar refractivity (Wildman–Crippen MR) is 117 cm³/mol. The van der Waals surface area contributed by atoms with Crippen LogP contribution in [0, 0.1) is 6.92 Å². The van der Waals surface area contributed by atoms with E-state index in [1.54, 1.807) is 19.2 Å². The Hall–Kier alpha value is -2.83. The van der Waals surface area contributed by atoms with Gasteiger partial charge in [0, 0.05) is 36.0 Å². The molecular formula is C24H31NO6. The minimum atomic E-state index is -0.498. The van der Waals surface area contributed by atoms with Crippen LogP contribution in [-0.4, -0.2) is 43.1 Å². The number of methoxy groups -OCH3 is 1. The molecular weight excluding hydrogens is 398 g/mol. The Kier molecular flexibility index (Phi) is 7.71. The van der Waals surface area contributed by atoms with Crippen LogP contribution >= 0.6 is 0 Å². The Morgan fingerprint density at radius 2 is 1.94 bits per heavy atom. The van der Waals surface area contributed by atoms with E-state index >= 15 is 0 Å². The van der Waals surface area contributed by atoms with Gasteiger partial charge in [-0.1, -0.05) is 19.3 Å². The van der Waals surface area contributed by atoms with Crippen LogP contribution in [0.4, 0.5) is 0 Å². The second-order valence-electron chi connectivity index (χ2n) is 7.99. The maximum Gasteiger partial charge on any atom is 0.339 e. The van der Waals surface area contributed by atoms with Crippen molar-refractivity contribution in [2.45, 2.75) is 64.8 Å². The lowest BCUT2D eigenvalue weighted by atomic mass is 9.94. The molecule has 0 saturated heterocycles. The molecule has 0 atom stereocenters. The maximum atomic E-state index is 12.5. The Morgan fingerprint density at radius 3 is 2.61 bits per heavy atom. The quantitative estimate of drug-likeness (QED) is 0.469. The number of ether oxygens (including phenoxy) is 2. The summed E-state index contributed by atoms with van der Waals surface area (Å²) in [6.07, 6.45) is 5.71. The van der Waals surface area contributed by atoms with Crippen molar-refractivity contribution in [3.63, 3.8) is 0 Å². The zero-order chi connectivity index (χ0) is 22.4. The second-order valence-corrected chi connectivity index (χ2v) is 7.99. The van der Waals surface area contributed by atoms with Crippen molar-refractivity contribution < 1.29 is 23.5 Å².